The zero-order chi connectivity index (χ0) is 19.7. The Labute approximate surface area is 171 Å². The Morgan fingerprint density at radius 2 is 2.21 bits per heavy atom. The molecule has 4 heterocycles. The Morgan fingerprint density at radius 1 is 1.36 bits per heavy atom. The fourth-order valence-electron chi connectivity index (χ4n) is 3.17. The van der Waals surface area contributed by atoms with E-state index in [0.717, 1.165) is 35.6 Å². The summed E-state index contributed by atoms with van der Waals surface area (Å²) in [4.78, 5) is 27.1. The second-order valence-corrected chi connectivity index (χ2v) is 7.76. The number of aryl methyl sites for hydroxylation is 1. The maximum absolute atomic E-state index is 13.1. The van der Waals surface area contributed by atoms with E-state index in [2.05, 4.69) is 25.6 Å². The number of fused-ring (bicyclic) bond motifs is 1. The molecule has 28 heavy (non-hydrogen) atoms. The van der Waals surface area contributed by atoms with Crippen molar-refractivity contribution in [3.05, 3.63) is 51.5 Å². The Kier molecular flexibility index (Phi) is 5.25. The molecule has 3 aromatic heterocycles. The molecule has 0 radical (unpaired) electrons. The molecule has 1 aliphatic rings. The van der Waals surface area contributed by atoms with Crippen LogP contribution >= 0.6 is 22.9 Å². The van der Waals surface area contributed by atoms with Crippen LogP contribution < -0.4 is 15.4 Å². The highest BCUT2D eigenvalue weighted by molar-refractivity contribution is 7.15. The normalized spacial score (nSPS) is 13.1. The third-order valence-corrected chi connectivity index (χ3v) is 5.73. The summed E-state index contributed by atoms with van der Waals surface area (Å²) in [5, 5.41) is 6.88. The van der Waals surface area contributed by atoms with Crippen LogP contribution in [-0.2, 0) is 13.0 Å². The number of nitrogens with one attached hydrogen (secondary N) is 2. The number of aromatic nitrogens is 3. The van der Waals surface area contributed by atoms with E-state index in [1.807, 2.05) is 13.0 Å². The van der Waals surface area contributed by atoms with Gasteiger partial charge in [-0.25, -0.2) is 9.97 Å². The molecule has 7 nitrogen and oxygen atoms in total. The van der Waals surface area contributed by atoms with Gasteiger partial charge in [0.05, 0.1) is 24.6 Å². The first-order valence-corrected chi connectivity index (χ1v) is 9.92. The molecule has 3 aromatic rings. The zero-order valence-electron chi connectivity index (χ0n) is 15.4. The average molecular weight is 416 g/mol. The van der Waals surface area contributed by atoms with Gasteiger partial charge in [-0.15, -0.1) is 11.3 Å². The van der Waals surface area contributed by atoms with Gasteiger partial charge in [0.1, 0.15) is 10.9 Å². The van der Waals surface area contributed by atoms with Crippen molar-refractivity contribution >= 4 is 34.0 Å². The minimum atomic E-state index is -0.356. The van der Waals surface area contributed by atoms with Gasteiger partial charge in [-0.3, -0.25) is 15.1 Å². The van der Waals surface area contributed by atoms with Crippen molar-refractivity contribution in [1.29, 1.82) is 0 Å². The van der Waals surface area contributed by atoms with Crippen LogP contribution in [0.25, 0.3) is 11.1 Å². The highest BCUT2D eigenvalue weighted by Gasteiger charge is 2.23. The van der Waals surface area contributed by atoms with Crippen LogP contribution in [-0.4, -0.2) is 34.5 Å². The molecule has 0 atom stereocenters. The lowest BCUT2D eigenvalue weighted by Crippen LogP contribution is -2.22. The number of pyridine rings is 2. The Hall–Kier alpha value is -2.55. The second kappa shape index (κ2) is 7.83. The molecule has 0 unspecified atom stereocenters. The summed E-state index contributed by atoms with van der Waals surface area (Å²) >= 11 is 7.86. The first-order chi connectivity index (χ1) is 13.6. The van der Waals surface area contributed by atoms with Crippen molar-refractivity contribution in [2.45, 2.75) is 19.9 Å². The van der Waals surface area contributed by atoms with Gasteiger partial charge < -0.3 is 10.1 Å². The Morgan fingerprint density at radius 3 is 3.00 bits per heavy atom. The maximum Gasteiger partial charge on any atom is 0.261 e. The molecule has 0 aromatic carbocycles. The number of carbonyl (C=O) groups excluding carboxylic acids is 1. The van der Waals surface area contributed by atoms with Gasteiger partial charge in [0.25, 0.3) is 5.91 Å². The maximum atomic E-state index is 13.1. The van der Waals surface area contributed by atoms with Crippen molar-refractivity contribution in [1.82, 2.24) is 20.3 Å². The fraction of sp³-hybridized carbons (Fsp3) is 0.263. The van der Waals surface area contributed by atoms with Crippen molar-refractivity contribution < 1.29 is 9.53 Å². The number of hydrogen-bond donors (Lipinski definition) is 2. The van der Waals surface area contributed by atoms with Crippen LogP contribution in [0, 0.1) is 6.92 Å². The summed E-state index contributed by atoms with van der Waals surface area (Å²) in [6, 6.07) is 3.60. The number of ether oxygens (including phenoxy) is 1. The number of thiazole rings is 1. The predicted molar refractivity (Wildman–Crippen MR) is 109 cm³/mol. The van der Waals surface area contributed by atoms with Crippen LogP contribution in [0.5, 0.6) is 5.75 Å². The molecule has 0 saturated heterocycles. The number of amides is 1. The first-order valence-electron chi connectivity index (χ1n) is 8.73. The van der Waals surface area contributed by atoms with Crippen LogP contribution in [0.2, 0.25) is 5.15 Å². The van der Waals surface area contributed by atoms with Crippen LogP contribution in [0.15, 0.2) is 24.5 Å². The summed E-state index contributed by atoms with van der Waals surface area (Å²) in [6.45, 7) is 3.49. The first kappa shape index (κ1) is 18.8. The average Bonchev–Trinajstić information content (AvgIpc) is 3.09. The van der Waals surface area contributed by atoms with Crippen LogP contribution in [0.1, 0.15) is 26.6 Å². The van der Waals surface area contributed by atoms with Gasteiger partial charge in [-0.05, 0) is 19.1 Å². The highest BCUT2D eigenvalue weighted by atomic mass is 35.5. The lowest BCUT2D eigenvalue weighted by molar-refractivity contribution is 0.102. The largest absolute Gasteiger partial charge is 0.494 e. The molecule has 0 spiro atoms. The lowest BCUT2D eigenvalue weighted by atomic mass is 10.0. The van der Waals surface area contributed by atoms with Gasteiger partial charge in [0.2, 0.25) is 0 Å². The van der Waals surface area contributed by atoms with Crippen molar-refractivity contribution in [3.8, 4) is 16.9 Å². The quantitative estimate of drug-likeness (QED) is 0.634. The number of halogens is 1. The van der Waals surface area contributed by atoms with Gasteiger partial charge in [0, 0.05) is 47.4 Å². The van der Waals surface area contributed by atoms with Gasteiger partial charge in [-0.1, -0.05) is 11.6 Å². The number of methoxy groups -OCH3 is 1. The van der Waals surface area contributed by atoms with E-state index in [1.165, 1.54) is 11.3 Å². The summed E-state index contributed by atoms with van der Waals surface area (Å²) in [7, 11) is 1.56. The molecular formula is C19H18ClN5O2S. The lowest BCUT2D eigenvalue weighted by Gasteiger charge is -2.14. The van der Waals surface area contributed by atoms with Crippen molar-refractivity contribution in [3.63, 3.8) is 0 Å². The predicted octanol–water partition coefficient (Wildman–Crippen LogP) is 3.47. The summed E-state index contributed by atoms with van der Waals surface area (Å²) in [5.74, 6) is 0.194. The molecule has 0 saturated carbocycles. The topological polar surface area (TPSA) is 89.0 Å². The third kappa shape index (κ3) is 3.58. The second-order valence-electron chi connectivity index (χ2n) is 6.32. The van der Waals surface area contributed by atoms with E-state index in [9.17, 15) is 4.79 Å². The van der Waals surface area contributed by atoms with Gasteiger partial charge in [-0.2, -0.15) is 0 Å². The fourth-order valence-corrected chi connectivity index (χ4v) is 4.46. The molecule has 2 N–H and O–H groups in total. The zero-order valence-corrected chi connectivity index (χ0v) is 16.9. The Balaban J connectivity index is 1.74. The molecule has 1 amide bonds. The summed E-state index contributed by atoms with van der Waals surface area (Å²) < 4.78 is 5.41. The van der Waals surface area contributed by atoms with E-state index in [0.29, 0.717) is 22.1 Å². The van der Waals surface area contributed by atoms with E-state index in [-0.39, 0.29) is 16.6 Å². The number of nitrogens with zero attached hydrogens (tertiary/aromatic N) is 3. The van der Waals surface area contributed by atoms with Crippen LogP contribution in [0.3, 0.4) is 0 Å². The van der Waals surface area contributed by atoms with E-state index in [4.69, 9.17) is 16.3 Å². The third-order valence-electron chi connectivity index (χ3n) is 4.45. The molecule has 0 bridgehead atoms. The van der Waals surface area contributed by atoms with Crippen LogP contribution in [0.4, 0.5) is 5.13 Å². The monoisotopic (exact) mass is 415 g/mol. The summed E-state index contributed by atoms with van der Waals surface area (Å²) in [6.07, 6.45) is 4.10. The molecule has 0 aliphatic carbocycles. The number of carbonyl (C=O) groups is 1. The number of anilines is 1. The molecule has 4 rings (SSSR count). The van der Waals surface area contributed by atoms with E-state index >= 15 is 0 Å². The summed E-state index contributed by atoms with van der Waals surface area (Å²) in [5.41, 5.74) is 3.37. The molecule has 0 fully saturated rings. The minimum Gasteiger partial charge on any atom is -0.494 e. The molecular weight excluding hydrogens is 398 g/mol. The number of hydrogen-bond acceptors (Lipinski definition) is 7. The molecule has 9 heteroatoms. The standard InChI is InChI=1S/C19H18ClN5O2S/c1-10-7-12(11-3-5-21-8-14(11)27-2)16(17(20)23-10)18(26)25-19-24-13-4-6-22-9-15(13)28-19/h3,5,7-8,22H,4,6,9H2,1-2H3,(H,24,25,26). The van der Waals surface area contributed by atoms with Gasteiger partial charge in [0.15, 0.2) is 5.13 Å². The molecule has 144 valence electrons. The van der Waals surface area contributed by atoms with Gasteiger partial charge >= 0.3 is 0 Å². The minimum absolute atomic E-state index is 0.134. The SMILES string of the molecule is COc1cnccc1-c1cc(C)nc(Cl)c1C(=O)Nc1nc2c(s1)CNCC2. The van der Waals surface area contributed by atoms with Crippen molar-refractivity contribution in [2.75, 3.05) is 19.0 Å². The van der Waals surface area contributed by atoms with E-state index < -0.39 is 0 Å². The molecule has 1 aliphatic heterocycles. The Bertz CT molecular complexity index is 1030. The van der Waals surface area contributed by atoms with Crippen molar-refractivity contribution in [2.24, 2.45) is 0 Å². The van der Waals surface area contributed by atoms with E-state index in [1.54, 1.807) is 25.6 Å². The smallest absolute Gasteiger partial charge is 0.261 e. The number of rotatable bonds is 4. The highest BCUT2D eigenvalue weighted by Crippen LogP contribution is 2.35.